The Kier molecular flexibility index (Phi) is 4.07. The van der Waals surface area contributed by atoms with Crippen molar-refractivity contribution in [3.05, 3.63) is 29.8 Å². The van der Waals surface area contributed by atoms with Crippen molar-refractivity contribution in [2.45, 2.75) is 0 Å². The molecule has 0 bridgehead atoms. The lowest BCUT2D eigenvalue weighted by Crippen LogP contribution is -2.28. The summed E-state index contributed by atoms with van der Waals surface area (Å²) in [6, 6.07) is 3.27. The Labute approximate surface area is 110 Å². The van der Waals surface area contributed by atoms with E-state index in [1.807, 2.05) is 0 Å². The van der Waals surface area contributed by atoms with Crippen molar-refractivity contribution in [2.75, 3.05) is 25.2 Å². The number of amides is 1. The predicted molar refractivity (Wildman–Crippen MR) is 69.3 cm³/mol. The van der Waals surface area contributed by atoms with Gasteiger partial charge in [0.1, 0.15) is 0 Å². The van der Waals surface area contributed by atoms with Gasteiger partial charge in [-0.05, 0) is 0 Å². The summed E-state index contributed by atoms with van der Waals surface area (Å²) < 4.78 is 10.4. The van der Waals surface area contributed by atoms with Gasteiger partial charge in [-0.15, -0.1) is 6.58 Å². The van der Waals surface area contributed by atoms with Crippen LogP contribution in [0.15, 0.2) is 24.8 Å². The van der Waals surface area contributed by atoms with Crippen LogP contribution < -0.4 is 20.1 Å². The van der Waals surface area contributed by atoms with Crippen LogP contribution in [0.5, 0.6) is 11.5 Å². The average molecular weight is 269 g/mol. The van der Waals surface area contributed by atoms with Crippen LogP contribution in [0.4, 0.5) is 5.69 Å². The van der Waals surface area contributed by atoms with Gasteiger partial charge in [-0.25, -0.2) is 0 Å². The molecule has 96 valence electrons. The molecule has 0 saturated carbocycles. The summed E-state index contributed by atoms with van der Waals surface area (Å²) >= 11 is 6.03. The first-order chi connectivity index (χ1) is 8.70. The summed E-state index contributed by atoms with van der Waals surface area (Å²) in [4.78, 5) is 11.6. The lowest BCUT2D eigenvalue weighted by Gasteiger charge is -2.08. The molecule has 5 nitrogen and oxygen atoms in total. The molecule has 1 amide bonds. The highest BCUT2D eigenvalue weighted by Gasteiger charge is 2.17. The van der Waals surface area contributed by atoms with Crippen LogP contribution in [-0.4, -0.2) is 25.8 Å². The Balaban J connectivity index is 2.01. The zero-order valence-corrected chi connectivity index (χ0v) is 10.4. The smallest absolute Gasteiger partial charge is 0.238 e. The van der Waals surface area contributed by atoms with Gasteiger partial charge in [0.25, 0.3) is 0 Å². The molecule has 0 radical (unpaired) electrons. The maximum absolute atomic E-state index is 11.6. The van der Waals surface area contributed by atoms with Crippen molar-refractivity contribution in [1.29, 1.82) is 0 Å². The lowest BCUT2D eigenvalue weighted by molar-refractivity contribution is -0.115. The van der Waals surface area contributed by atoms with E-state index in [0.29, 0.717) is 28.8 Å². The van der Waals surface area contributed by atoms with Gasteiger partial charge in [0.05, 0.1) is 17.3 Å². The summed E-state index contributed by atoms with van der Waals surface area (Å²) in [6.07, 6.45) is 1.68. The SMILES string of the molecule is C=CCNCC(=O)Nc1cc2c(cc1Cl)OCO2. The molecule has 0 saturated heterocycles. The Morgan fingerprint density at radius 1 is 1.44 bits per heavy atom. The molecule has 0 fully saturated rings. The highest BCUT2D eigenvalue weighted by atomic mass is 35.5. The summed E-state index contributed by atoms with van der Waals surface area (Å²) in [5.41, 5.74) is 0.506. The molecule has 1 heterocycles. The number of hydrogen-bond donors (Lipinski definition) is 2. The van der Waals surface area contributed by atoms with Gasteiger partial charge in [-0.1, -0.05) is 17.7 Å². The van der Waals surface area contributed by atoms with Gasteiger partial charge in [0.2, 0.25) is 12.7 Å². The first-order valence-electron chi connectivity index (χ1n) is 5.41. The van der Waals surface area contributed by atoms with E-state index in [0.717, 1.165) is 0 Å². The van der Waals surface area contributed by atoms with E-state index in [1.165, 1.54) is 0 Å². The third kappa shape index (κ3) is 2.94. The first-order valence-corrected chi connectivity index (χ1v) is 5.79. The number of fused-ring (bicyclic) bond motifs is 1. The second-order valence-corrected chi connectivity index (χ2v) is 4.06. The molecule has 1 aliphatic heterocycles. The van der Waals surface area contributed by atoms with Crippen molar-refractivity contribution in [2.24, 2.45) is 0 Å². The third-order valence-corrected chi connectivity index (χ3v) is 2.62. The first kappa shape index (κ1) is 12.7. The van der Waals surface area contributed by atoms with Gasteiger partial charge in [-0.3, -0.25) is 4.79 Å². The standard InChI is InChI=1S/C12H13ClN2O3/c1-2-3-14-6-12(16)15-9-5-11-10(4-8(9)13)17-7-18-11/h2,4-5,14H,1,3,6-7H2,(H,15,16). The highest BCUT2D eigenvalue weighted by molar-refractivity contribution is 6.34. The quantitative estimate of drug-likeness (QED) is 0.631. The van der Waals surface area contributed by atoms with Gasteiger partial charge in [-0.2, -0.15) is 0 Å². The van der Waals surface area contributed by atoms with E-state index in [1.54, 1.807) is 18.2 Å². The fourth-order valence-corrected chi connectivity index (χ4v) is 1.70. The fourth-order valence-electron chi connectivity index (χ4n) is 1.50. The van der Waals surface area contributed by atoms with E-state index < -0.39 is 0 Å². The maximum atomic E-state index is 11.6. The molecule has 0 unspecified atom stereocenters. The third-order valence-electron chi connectivity index (χ3n) is 2.31. The monoisotopic (exact) mass is 268 g/mol. The van der Waals surface area contributed by atoms with Gasteiger partial charge >= 0.3 is 0 Å². The second-order valence-electron chi connectivity index (χ2n) is 3.65. The minimum atomic E-state index is -0.183. The molecule has 6 heteroatoms. The van der Waals surface area contributed by atoms with Crippen LogP contribution in [0.3, 0.4) is 0 Å². The Hall–Kier alpha value is -1.72. The predicted octanol–water partition coefficient (Wildman–Crippen LogP) is 1.78. The molecule has 1 aliphatic rings. The molecule has 2 N–H and O–H groups in total. The van der Waals surface area contributed by atoms with Crippen LogP contribution in [0, 0.1) is 0 Å². The summed E-state index contributed by atoms with van der Waals surface area (Å²) in [6.45, 7) is 4.48. The Bertz CT molecular complexity index is 477. The maximum Gasteiger partial charge on any atom is 0.238 e. The van der Waals surface area contributed by atoms with Crippen molar-refractivity contribution in [3.63, 3.8) is 0 Å². The number of benzene rings is 1. The molecule has 18 heavy (non-hydrogen) atoms. The molecule has 0 spiro atoms. The average Bonchev–Trinajstić information content (AvgIpc) is 2.77. The largest absolute Gasteiger partial charge is 0.454 e. The van der Waals surface area contributed by atoms with E-state index >= 15 is 0 Å². The lowest BCUT2D eigenvalue weighted by atomic mass is 10.2. The van der Waals surface area contributed by atoms with Crippen LogP contribution in [0.25, 0.3) is 0 Å². The number of anilines is 1. The summed E-state index contributed by atoms with van der Waals surface area (Å²) in [5, 5.41) is 6.01. The van der Waals surface area contributed by atoms with Crippen molar-refractivity contribution in [3.8, 4) is 11.5 Å². The molecular formula is C12H13ClN2O3. The molecule has 0 aliphatic carbocycles. The van der Waals surface area contributed by atoms with Crippen LogP contribution in [0.2, 0.25) is 5.02 Å². The molecular weight excluding hydrogens is 256 g/mol. The van der Waals surface area contributed by atoms with Gasteiger partial charge in [0.15, 0.2) is 11.5 Å². The summed E-state index contributed by atoms with van der Waals surface area (Å²) in [7, 11) is 0. The normalized spacial score (nSPS) is 12.3. The number of carbonyl (C=O) groups excluding carboxylic acids is 1. The number of halogens is 1. The summed E-state index contributed by atoms with van der Waals surface area (Å²) in [5.74, 6) is 0.981. The number of nitrogens with one attached hydrogen (secondary N) is 2. The van der Waals surface area contributed by atoms with Gasteiger partial charge < -0.3 is 20.1 Å². The second kappa shape index (κ2) is 5.75. The van der Waals surface area contributed by atoms with Crippen LogP contribution in [0.1, 0.15) is 0 Å². The van der Waals surface area contributed by atoms with Crippen molar-refractivity contribution >= 4 is 23.2 Å². The molecule has 0 atom stereocenters. The van der Waals surface area contributed by atoms with E-state index in [-0.39, 0.29) is 19.2 Å². The Morgan fingerprint density at radius 2 is 2.17 bits per heavy atom. The molecule has 2 rings (SSSR count). The zero-order valence-electron chi connectivity index (χ0n) is 9.66. The van der Waals surface area contributed by atoms with Crippen LogP contribution in [-0.2, 0) is 4.79 Å². The minimum Gasteiger partial charge on any atom is -0.454 e. The van der Waals surface area contributed by atoms with E-state index in [9.17, 15) is 4.79 Å². The van der Waals surface area contributed by atoms with Crippen LogP contribution >= 0.6 is 11.6 Å². The fraction of sp³-hybridized carbons (Fsp3) is 0.250. The van der Waals surface area contributed by atoms with Crippen molar-refractivity contribution < 1.29 is 14.3 Å². The van der Waals surface area contributed by atoms with E-state index in [2.05, 4.69) is 17.2 Å². The molecule has 1 aromatic carbocycles. The number of rotatable bonds is 5. The van der Waals surface area contributed by atoms with Gasteiger partial charge in [0, 0.05) is 18.7 Å². The zero-order chi connectivity index (χ0) is 13.0. The molecule has 1 aromatic rings. The number of carbonyl (C=O) groups is 1. The number of hydrogen-bond acceptors (Lipinski definition) is 4. The number of ether oxygens (including phenoxy) is 2. The minimum absolute atomic E-state index is 0.171. The Morgan fingerprint density at radius 3 is 2.89 bits per heavy atom. The van der Waals surface area contributed by atoms with Crippen molar-refractivity contribution in [1.82, 2.24) is 5.32 Å². The topological polar surface area (TPSA) is 59.6 Å². The van der Waals surface area contributed by atoms with E-state index in [4.69, 9.17) is 21.1 Å². The molecule has 0 aromatic heterocycles. The highest BCUT2D eigenvalue weighted by Crippen LogP contribution is 2.39.